The van der Waals surface area contributed by atoms with Crippen LogP contribution in [-0.2, 0) is 4.74 Å². The predicted octanol–water partition coefficient (Wildman–Crippen LogP) is 4.46. The van der Waals surface area contributed by atoms with Crippen molar-refractivity contribution in [2.75, 3.05) is 18.0 Å². The number of para-hydroxylation sites is 1. The number of hydrogen-bond donors (Lipinski definition) is 1. The smallest absolute Gasteiger partial charge is 0.407 e. The van der Waals surface area contributed by atoms with Crippen molar-refractivity contribution in [3.63, 3.8) is 0 Å². The maximum Gasteiger partial charge on any atom is 0.407 e. The second kappa shape index (κ2) is 7.39. The first-order valence-electron chi connectivity index (χ1n) is 9.43. The number of carbonyl (C=O) groups excluding carboxylic acids is 1. The first-order valence-corrected chi connectivity index (χ1v) is 10.4. The monoisotopic (exact) mass is 396 g/mol. The summed E-state index contributed by atoms with van der Waals surface area (Å²) in [5.41, 5.74) is 1.46. The highest BCUT2D eigenvalue weighted by molar-refractivity contribution is 7.08. The zero-order chi connectivity index (χ0) is 19.7. The van der Waals surface area contributed by atoms with Gasteiger partial charge in [-0.1, -0.05) is 12.1 Å². The molecule has 3 heterocycles. The van der Waals surface area contributed by atoms with Crippen molar-refractivity contribution >= 4 is 34.2 Å². The third-order valence-electron chi connectivity index (χ3n) is 4.57. The zero-order valence-electron chi connectivity index (χ0n) is 16.3. The van der Waals surface area contributed by atoms with Crippen LogP contribution in [0.3, 0.4) is 0 Å². The van der Waals surface area contributed by atoms with Gasteiger partial charge >= 0.3 is 6.09 Å². The van der Waals surface area contributed by atoms with Gasteiger partial charge in [0.05, 0.1) is 11.6 Å². The Bertz CT molecular complexity index is 982. The molecule has 2 aromatic heterocycles. The molecule has 146 valence electrons. The van der Waals surface area contributed by atoms with Crippen molar-refractivity contribution in [1.82, 2.24) is 15.3 Å². The minimum atomic E-state index is -0.499. The summed E-state index contributed by atoms with van der Waals surface area (Å²) in [5, 5.41) is 8.10. The average Bonchev–Trinajstić information content (AvgIpc) is 3.31. The van der Waals surface area contributed by atoms with E-state index in [1.165, 1.54) is 0 Å². The molecule has 28 heavy (non-hydrogen) atoms. The molecule has 1 aromatic carbocycles. The maximum atomic E-state index is 12.1. The van der Waals surface area contributed by atoms with Gasteiger partial charge in [0.2, 0.25) is 0 Å². The number of alkyl carbamates (subject to hydrolysis) is 1. The number of nitrogens with one attached hydrogen (secondary N) is 1. The van der Waals surface area contributed by atoms with Crippen molar-refractivity contribution in [3.05, 3.63) is 41.1 Å². The maximum absolute atomic E-state index is 12.1. The van der Waals surface area contributed by atoms with Crippen molar-refractivity contribution in [2.24, 2.45) is 0 Å². The lowest BCUT2D eigenvalue weighted by molar-refractivity contribution is 0.0509. The van der Waals surface area contributed by atoms with Gasteiger partial charge in [0.25, 0.3) is 0 Å². The molecule has 1 amide bonds. The molecule has 7 heteroatoms. The summed E-state index contributed by atoms with van der Waals surface area (Å²) in [6.45, 7) is 7.12. The van der Waals surface area contributed by atoms with Crippen LogP contribution in [0.15, 0.2) is 41.1 Å². The topological polar surface area (TPSA) is 67.3 Å². The van der Waals surface area contributed by atoms with Gasteiger partial charge in [-0.25, -0.2) is 14.8 Å². The molecule has 4 rings (SSSR count). The van der Waals surface area contributed by atoms with Crippen LogP contribution in [0.4, 0.5) is 10.6 Å². The fraction of sp³-hybridized carbons (Fsp3) is 0.381. The molecule has 1 atom stereocenters. The predicted molar refractivity (Wildman–Crippen MR) is 113 cm³/mol. The van der Waals surface area contributed by atoms with E-state index < -0.39 is 5.60 Å². The Labute approximate surface area is 168 Å². The first kappa shape index (κ1) is 18.7. The molecule has 1 N–H and O–H groups in total. The minimum absolute atomic E-state index is 0.0353. The Morgan fingerprint density at radius 3 is 2.82 bits per heavy atom. The lowest BCUT2D eigenvalue weighted by atomic mass is 10.2. The normalized spacial score (nSPS) is 17.1. The van der Waals surface area contributed by atoms with E-state index >= 15 is 0 Å². The number of aromatic nitrogens is 2. The number of benzene rings is 1. The van der Waals surface area contributed by atoms with Gasteiger partial charge < -0.3 is 15.0 Å². The molecule has 1 aliphatic heterocycles. The Morgan fingerprint density at radius 1 is 1.25 bits per heavy atom. The van der Waals surface area contributed by atoms with E-state index in [-0.39, 0.29) is 12.1 Å². The van der Waals surface area contributed by atoms with Gasteiger partial charge in [-0.15, -0.1) is 0 Å². The van der Waals surface area contributed by atoms with Gasteiger partial charge in [-0.3, -0.25) is 0 Å². The fourth-order valence-corrected chi connectivity index (χ4v) is 4.00. The molecule has 1 saturated heterocycles. The number of carbonyl (C=O) groups is 1. The number of fused-ring (bicyclic) bond motifs is 1. The van der Waals surface area contributed by atoms with Gasteiger partial charge in [-0.2, -0.15) is 11.3 Å². The highest BCUT2D eigenvalue weighted by Gasteiger charge is 2.28. The van der Waals surface area contributed by atoms with E-state index in [0.29, 0.717) is 6.54 Å². The molecule has 1 unspecified atom stereocenters. The number of ether oxygens (including phenoxy) is 1. The second-order valence-electron chi connectivity index (χ2n) is 7.98. The number of anilines is 1. The SMILES string of the molecule is CC(C)(C)OC(=O)NC1CCN(c2nc(-c3ccsc3)nc3ccccc23)C1. The van der Waals surface area contributed by atoms with Crippen molar-refractivity contribution in [1.29, 1.82) is 0 Å². The van der Waals surface area contributed by atoms with E-state index in [2.05, 4.69) is 21.7 Å². The highest BCUT2D eigenvalue weighted by atomic mass is 32.1. The fourth-order valence-electron chi connectivity index (χ4n) is 3.37. The molecular formula is C21H24N4O2S. The summed E-state index contributed by atoms with van der Waals surface area (Å²) < 4.78 is 5.39. The van der Waals surface area contributed by atoms with Crippen molar-refractivity contribution in [3.8, 4) is 11.4 Å². The van der Waals surface area contributed by atoms with Crippen LogP contribution in [0, 0.1) is 0 Å². The van der Waals surface area contributed by atoms with E-state index in [9.17, 15) is 4.79 Å². The van der Waals surface area contributed by atoms with E-state index in [4.69, 9.17) is 14.7 Å². The summed E-state index contributed by atoms with van der Waals surface area (Å²) in [6, 6.07) is 10.1. The van der Waals surface area contributed by atoms with E-state index in [1.54, 1.807) is 11.3 Å². The molecule has 0 bridgehead atoms. The van der Waals surface area contributed by atoms with Gasteiger partial charge in [-0.05, 0) is 50.8 Å². The van der Waals surface area contributed by atoms with Gasteiger partial charge in [0.1, 0.15) is 11.4 Å². The molecular weight excluding hydrogens is 372 g/mol. The standard InChI is InChI=1S/C21H24N4O2S/c1-21(2,3)27-20(26)22-15-8-10-25(12-15)19-16-6-4-5-7-17(16)23-18(24-19)14-9-11-28-13-14/h4-7,9,11,13,15H,8,10,12H2,1-3H3,(H,22,26). The molecule has 0 aliphatic carbocycles. The van der Waals surface area contributed by atoms with Crippen LogP contribution < -0.4 is 10.2 Å². The minimum Gasteiger partial charge on any atom is -0.444 e. The van der Waals surface area contributed by atoms with Crippen molar-refractivity contribution in [2.45, 2.75) is 38.8 Å². The number of thiophene rings is 1. The number of amides is 1. The molecule has 1 aliphatic rings. The molecule has 1 fully saturated rings. The summed E-state index contributed by atoms with van der Waals surface area (Å²) in [5.74, 6) is 1.65. The lowest BCUT2D eigenvalue weighted by Crippen LogP contribution is -2.40. The lowest BCUT2D eigenvalue weighted by Gasteiger charge is -2.22. The Morgan fingerprint density at radius 2 is 2.07 bits per heavy atom. The molecule has 3 aromatic rings. The van der Waals surface area contributed by atoms with Crippen molar-refractivity contribution < 1.29 is 9.53 Å². The second-order valence-corrected chi connectivity index (χ2v) is 8.76. The summed E-state index contributed by atoms with van der Waals surface area (Å²) in [7, 11) is 0. The molecule has 0 radical (unpaired) electrons. The van der Waals surface area contributed by atoms with Crippen LogP contribution in [0.2, 0.25) is 0 Å². The molecule has 0 spiro atoms. The number of hydrogen-bond acceptors (Lipinski definition) is 6. The Balaban J connectivity index is 1.58. The van der Waals surface area contributed by atoms with Gasteiger partial charge in [0.15, 0.2) is 5.82 Å². The van der Waals surface area contributed by atoms with E-state index in [1.807, 2.05) is 50.4 Å². The summed E-state index contributed by atoms with van der Waals surface area (Å²) >= 11 is 1.63. The Hall–Kier alpha value is -2.67. The highest BCUT2D eigenvalue weighted by Crippen LogP contribution is 2.30. The van der Waals surface area contributed by atoms with Crippen LogP contribution in [0.1, 0.15) is 27.2 Å². The number of rotatable bonds is 3. The number of nitrogens with zero attached hydrogens (tertiary/aromatic N) is 3. The average molecular weight is 397 g/mol. The zero-order valence-corrected chi connectivity index (χ0v) is 17.1. The van der Waals surface area contributed by atoms with Crippen LogP contribution in [-0.4, -0.2) is 40.8 Å². The molecule has 6 nitrogen and oxygen atoms in total. The molecule has 0 saturated carbocycles. The largest absolute Gasteiger partial charge is 0.444 e. The van der Waals surface area contributed by atoms with Crippen LogP contribution in [0.25, 0.3) is 22.3 Å². The quantitative estimate of drug-likeness (QED) is 0.708. The Kier molecular flexibility index (Phi) is 4.93. The first-order chi connectivity index (χ1) is 13.4. The third-order valence-corrected chi connectivity index (χ3v) is 5.25. The third kappa shape index (κ3) is 4.09. The summed E-state index contributed by atoms with van der Waals surface area (Å²) in [4.78, 5) is 23.9. The van der Waals surface area contributed by atoms with Crippen LogP contribution in [0.5, 0.6) is 0 Å². The van der Waals surface area contributed by atoms with E-state index in [0.717, 1.165) is 41.1 Å². The van der Waals surface area contributed by atoms with Crippen LogP contribution >= 0.6 is 11.3 Å². The summed E-state index contributed by atoms with van der Waals surface area (Å²) in [6.07, 6.45) is 0.483. The van der Waals surface area contributed by atoms with Gasteiger partial charge in [0, 0.05) is 29.4 Å².